The minimum absolute atomic E-state index is 0.227. The number of imidazole rings is 1. The van der Waals surface area contributed by atoms with Crippen molar-refractivity contribution >= 4 is 29.2 Å². The summed E-state index contributed by atoms with van der Waals surface area (Å²) in [5.41, 5.74) is 2.48. The van der Waals surface area contributed by atoms with E-state index in [1.54, 1.807) is 42.3 Å². The largest absolute Gasteiger partial charge is 0.452 e. The number of piperazine rings is 1. The monoisotopic (exact) mass is 454 g/mol. The number of benzene rings is 2. The van der Waals surface area contributed by atoms with E-state index in [0.29, 0.717) is 42.5 Å². The smallest absolute Gasteiger partial charge is 0.338 e. The lowest BCUT2D eigenvalue weighted by molar-refractivity contribution is -0.134. The summed E-state index contributed by atoms with van der Waals surface area (Å²) in [5, 5.41) is 0.677. The fraction of sp³-hybridized carbons (Fsp3) is 0.261. The first-order valence-electron chi connectivity index (χ1n) is 10.3. The van der Waals surface area contributed by atoms with Crippen molar-refractivity contribution in [1.82, 2.24) is 14.5 Å². The van der Waals surface area contributed by atoms with E-state index in [0.717, 1.165) is 11.4 Å². The van der Waals surface area contributed by atoms with Crippen molar-refractivity contribution in [3.8, 4) is 5.69 Å². The Morgan fingerprint density at radius 3 is 2.38 bits per heavy atom. The molecular weight excluding hydrogens is 432 g/mol. The van der Waals surface area contributed by atoms with E-state index in [1.807, 2.05) is 24.3 Å². The second-order valence-corrected chi connectivity index (χ2v) is 7.98. The number of ether oxygens (including phenoxy) is 1. The molecule has 1 amide bonds. The van der Waals surface area contributed by atoms with Gasteiger partial charge in [0.2, 0.25) is 0 Å². The van der Waals surface area contributed by atoms with Crippen molar-refractivity contribution in [1.29, 1.82) is 0 Å². The third-order valence-electron chi connectivity index (χ3n) is 5.45. The number of anilines is 1. The van der Waals surface area contributed by atoms with Crippen molar-refractivity contribution in [2.24, 2.45) is 0 Å². The summed E-state index contributed by atoms with van der Waals surface area (Å²) in [6.07, 6.45) is 1.62. The van der Waals surface area contributed by atoms with Crippen LogP contribution < -0.4 is 10.6 Å². The van der Waals surface area contributed by atoms with Gasteiger partial charge in [-0.1, -0.05) is 17.7 Å². The number of hydrogen-bond acceptors (Lipinski definition) is 5. The number of carbonyl (C=O) groups is 2. The summed E-state index contributed by atoms with van der Waals surface area (Å²) in [6, 6.07) is 14.1. The zero-order valence-corrected chi connectivity index (χ0v) is 18.3. The Kier molecular flexibility index (Phi) is 6.32. The maximum Gasteiger partial charge on any atom is 0.338 e. The lowest BCUT2D eigenvalue weighted by Crippen LogP contribution is -2.49. The van der Waals surface area contributed by atoms with E-state index >= 15 is 0 Å². The molecular formula is C23H23ClN4O4. The number of aromatic nitrogens is 2. The molecule has 0 atom stereocenters. The van der Waals surface area contributed by atoms with Crippen LogP contribution >= 0.6 is 11.6 Å². The van der Waals surface area contributed by atoms with Gasteiger partial charge >= 0.3 is 11.7 Å². The average molecular weight is 455 g/mol. The van der Waals surface area contributed by atoms with E-state index in [1.165, 1.54) is 4.57 Å². The van der Waals surface area contributed by atoms with E-state index in [4.69, 9.17) is 16.3 Å². The SMILES string of the molecule is Cc1c[nH]c(=O)n1-c1ccc(C(=O)OCC(=O)N2CCN(c3cccc(Cl)c3)CC2)cc1. The number of carbonyl (C=O) groups excluding carboxylic acids is 2. The Balaban J connectivity index is 1.29. The van der Waals surface area contributed by atoms with Crippen LogP contribution in [0.3, 0.4) is 0 Å². The number of halogens is 1. The van der Waals surface area contributed by atoms with Gasteiger partial charge in [0.25, 0.3) is 5.91 Å². The second kappa shape index (κ2) is 9.32. The first-order chi connectivity index (χ1) is 15.4. The minimum atomic E-state index is -0.583. The molecule has 9 heteroatoms. The zero-order valence-electron chi connectivity index (χ0n) is 17.6. The highest BCUT2D eigenvalue weighted by atomic mass is 35.5. The highest BCUT2D eigenvalue weighted by molar-refractivity contribution is 6.30. The van der Waals surface area contributed by atoms with E-state index < -0.39 is 5.97 Å². The molecule has 8 nitrogen and oxygen atoms in total. The topological polar surface area (TPSA) is 87.6 Å². The number of rotatable bonds is 5. The molecule has 0 aliphatic carbocycles. The molecule has 3 aromatic rings. The first kappa shape index (κ1) is 21.7. The molecule has 1 aliphatic rings. The van der Waals surface area contributed by atoms with Gasteiger partial charge in [0.05, 0.1) is 11.3 Å². The quantitative estimate of drug-likeness (QED) is 0.599. The van der Waals surface area contributed by atoms with Crippen LogP contribution in [-0.2, 0) is 9.53 Å². The number of aromatic amines is 1. The van der Waals surface area contributed by atoms with E-state index in [-0.39, 0.29) is 18.2 Å². The number of H-pyrrole nitrogens is 1. The summed E-state index contributed by atoms with van der Waals surface area (Å²) in [4.78, 5) is 43.2. The standard InChI is InChI=1S/C23H23ClN4O4/c1-16-14-25-23(31)28(16)19-7-5-17(6-8-19)22(30)32-15-21(29)27-11-9-26(10-12-27)20-4-2-3-18(24)13-20/h2-8,13-14H,9-12,15H2,1H3,(H,25,31). The maximum absolute atomic E-state index is 12.5. The van der Waals surface area contributed by atoms with Crippen LogP contribution in [0.5, 0.6) is 0 Å². The van der Waals surface area contributed by atoms with E-state index in [2.05, 4.69) is 9.88 Å². The Bertz CT molecular complexity index is 1180. The predicted octanol–water partition coefficient (Wildman–Crippen LogP) is 2.63. The number of nitrogens with zero attached hydrogens (tertiary/aromatic N) is 3. The summed E-state index contributed by atoms with van der Waals surface area (Å²) >= 11 is 6.06. The van der Waals surface area contributed by atoms with Gasteiger partial charge in [0.15, 0.2) is 6.61 Å². The molecule has 0 radical (unpaired) electrons. The fourth-order valence-corrected chi connectivity index (χ4v) is 3.90. The zero-order chi connectivity index (χ0) is 22.7. The predicted molar refractivity (Wildman–Crippen MR) is 122 cm³/mol. The van der Waals surface area contributed by atoms with Crippen LogP contribution in [0.2, 0.25) is 5.02 Å². The Hall–Kier alpha value is -3.52. The van der Waals surface area contributed by atoms with Gasteiger partial charge in [-0.05, 0) is 49.4 Å². The molecule has 32 heavy (non-hydrogen) atoms. The lowest BCUT2D eigenvalue weighted by atomic mass is 10.2. The number of amides is 1. The van der Waals surface area contributed by atoms with Gasteiger partial charge in [0.1, 0.15) is 0 Å². The van der Waals surface area contributed by atoms with Crippen LogP contribution in [0, 0.1) is 6.92 Å². The molecule has 166 valence electrons. The van der Waals surface area contributed by atoms with Crippen LogP contribution in [-0.4, -0.2) is 59.1 Å². The van der Waals surface area contributed by atoms with Gasteiger partial charge in [-0.2, -0.15) is 0 Å². The van der Waals surface area contributed by atoms with Crippen LogP contribution in [0.1, 0.15) is 16.1 Å². The van der Waals surface area contributed by atoms with Gasteiger partial charge in [0, 0.05) is 48.8 Å². The highest BCUT2D eigenvalue weighted by Crippen LogP contribution is 2.21. The second-order valence-electron chi connectivity index (χ2n) is 7.54. The van der Waals surface area contributed by atoms with Gasteiger partial charge in [-0.25, -0.2) is 9.59 Å². The summed E-state index contributed by atoms with van der Waals surface area (Å²) in [7, 11) is 0. The molecule has 1 aromatic heterocycles. The Morgan fingerprint density at radius 2 is 1.75 bits per heavy atom. The van der Waals surface area contributed by atoms with Crippen LogP contribution in [0.4, 0.5) is 5.69 Å². The molecule has 2 aromatic carbocycles. The van der Waals surface area contributed by atoms with Crippen LogP contribution in [0.15, 0.2) is 59.5 Å². The molecule has 0 bridgehead atoms. The Morgan fingerprint density at radius 1 is 1.03 bits per heavy atom. The molecule has 0 spiro atoms. The highest BCUT2D eigenvalue weighted by Gasteiger charge is 2.22. The molecule has 1 saturated heterocycles. The Labute approximate surface area is 190 Å². The van der Waals surface area contributed by atoms with Crippen molar-refractivity contribution in [3.05, 3.63) is 81.5 Å². The molecule has 4 rings (SSSR count). The molecule has 1 aliphatic heterocycles. The summed E-state index contributed by atoms with van der Waals surface area (Å²) < 4.78 is 6.71. The van der Waals surface area contributed by atoms with Gasteiger partial charge in [-0.3, -0.25) is 9.36 Å². The van der Waals surface area contributed by atoms with Crippen LogP contribution in [0.25, 0.3) is 5.69 Å². The van der Waals surface area contributed by atoms with Gasteiger partial charge < -0.3 is 19.5 Å². The van der Waals surface area contributed by atoms with Gasteiger partial charge in [-0.15, -0.1) is 0 Å². The summed E-state index contributed by atoms with van der Waals surface area (Å²) in [5.74, 6) is -0.809. The molecule has 1 N–H and O–H groups in total. The van der Waals surface area contributed by atoms with Crippen molar-refractivity contribution in [2.45, 2.75) is 6.92 Å². The molecule has 2 heterocycles. The average Bonchev–Trinajstić information content (AvgIpc) is 3.15. The number of aryl methyl sites for hydroxylation is 1. The lowest BCUT2D eigenvalue weighted by Gasteiger charge is -2.36. The number of esters is 1. The number of hydrogen-bond donors (Lipinski definition) is 1. The third-order valence-corrected chi connectivity index (χ3v) is 5.69. The van der Waals surface area contributed by atoms with Crippen molar-refractivity contribution in [3.63, 3.8) is 0 Å². The minimum Gasteiger partial charge on any atom is -0.452 e. The maximum atomic E-state index is 12.5. The summed E-state index contributed by atoms with van der Waals surface area (Å²) in [6.45, 7) is 3.94. The number of nitrogens with one attached hydrogen (secondary N) is 1. The normalized spacial score (nSPS) is 13.8. The molecule has 0 unspecified atom stereocenters. The molecule has 1 fully saturated rings. The van der Waals surface area contributed by atoms with Crippen molar-refractivity contribution in [2.75, 3.05) is 37.7 Å². The first-order valence-corrected chi connectivity index (χ1v) is 10.6. The third kappa shape index (κ3) is 4.70. The molecule has 0 saturated carbocycles. The van der Waals surface area contributed by atoms with Crippen molar-refractivity contribution < 1.29 is 14.3 Å². The van der Waals surface area contributed by atoms with E-state index in [9.17, 15) is 14.4 Å². The fourth-order valence-electron chi connectivity index (χ4n) is 3.71.